The van der Waals surface area contributed by atoms with Gasteiger partial charge in [-0.1, -0.05) is 53.6 Å². The van der Waals surface area contributed by atoms with Gasteiger partial charge in [-0.3, -0.25) is 20.4 Å². The van der Waals surface area contributed by atoms with Crippen molar-refractivity contribution in [2.45, 2.75) is 26.2 Å². The van der Waals surface area contributed by atoms with Crippen LogP contribution in [0.25, 0.3) is 33.2 Å². The molecule has 0 aliphatic rings. The molecule has 7 heteroatoms. The average Bonchev–Trinajstić information content (AvgIpc) is 3.25. The summed E-state index contributed by atoms with van der Waals surface area (Å²) in [5.41, 5.74) is 11.2. The molecular formula is C29H25ClN4O2. The van der Waals surface area contributed by atoms with E-state index in [4.69, 9.17) is 16.6 Å². The molecule has 0 spiro atoms. The van der Waals surface area contributed by atoms with E-state index in [0.717, 1.165) is 44.3 Å². The largest absolute Gasteiger partial charge is 0.353 e. The van der Waals surface area contributed by atoms with Crippen molar-refractivity contribution >= 4 is 45.2 Å². The molecule has 0 radical (unpaired) electrons. The number of carbonyl (C=O) groups excluding carboxylic acids is 2. The molecule has 0 aliphatic carbocycles. The molecule has 3 aromatic carbocycles. The van der Waals surface area contributed by atoms with Crippen LogP contribution < -0.4 is 10.9 Å². The van der Waals surface area contributed by atoms with Crippen LogP contribution in [0.5, 0.6) is 0 Å². The number of aromatic nitrogens is 2. The van der Waals surface area contributed by atoms with Crippen LogP contribution in [0.1, 0.15) is 34.3 Å². The quantitative estimate of drug-likeness (QED) is 0.247. The lowest BCUT2D eigenvalue weighted by atomic mass is 10.0. The van der Waals surface area contributed by atoms with Gasteiger partial charge in [-0.2, -0.15) is 0 Å². The Kier molecular flexibility index (Phi) is 6.69. The Morgan fingerprint density at radius 1 is 0.944 bits per heavy atom. The SMILES string of the molecule is Cc1ccc(C(=O)NNC(=O)CCCc2c(-c3ccc4ccccc4n3)[nH]c3ccc(Cl)cc23)cc1. The molecular weight excluding hydrogens is 472 g/mol. The summed E-state index contributed by atoms with van der Waals surface area (Å²) in [5.74, 6) is -0.599. The molecule has 5 aromatic rings. The summed E-state index contributed by atoms with van der Waals surface area (Å²) in [6.45, 7) is 1.95. The van der Waals surface area contributed by atoms with Gasteiger partial charge in [-0.15, -0.1) is 0 Å². The first kappa shape index (κ1) is 23.6. The molecule has 180 valence electrons. The number of hydrogen-bond donors (Lipinski definition) is 3. The number of aryl methyl sites for hydroxylation is 2. The molecule has 2 amide bonds. The number of amides is 2. The van der Waals surface area contributed by atoms with E-state index in [0.29, 0.717) is 23.4 Å². The van der Waals surface area contributed by atoms with E-state index >= 15 is 0 Å². The number of pyridine rings is 1. The monoisotopic (exact) mass is 496 g/mol. The zero-order valence-electron chi connectivity index (χ0n) is 19.8. The summed E-state index contributed by atoms with van der Waals surface area (Å²) in [6.07, 6.45) is 1.49. The van der Waals surface area contributed by atoms with Crippen LogP contribution in [0.2, 0.25) is 5.02 Å². The van der Waals surface area contributed by atoms with E-state index in [-0.39, 0.29) is 18.2 Å². The average molecular weight is 497 g/mol. The number of nitrogens with one attached hydrogen (secondary N) is 3. The highest BCUT2D eigenvalue weighted by molar-refractivity contribution is 6.31. The predicted octanol–water partition coefficient (Wildman–Crippen LogP) is 6.13. The number of benzene rings is 3. The zero-order chi connectivity index (χ0) is 25.1. The van der Waals surface area contributed by atoms with Crippen molar-refractivity contribution in [2.75, 3.05) is 0 Å². The molecule has 0 atom stereocenters. The van der Waals surface area contributed by atoms with Crippen LogP contribution in [0.15, 0.2) is 78.9 Å². The number of hydrazine groups is 1. The minimum absolute atomic E-state index is 0.251. The summed E-state index contributed by atoms with van der Waals surface area (Å²) in [4.78, 5) is 33.0. The first-order valence-corrected chi connectivity index (χ1v) is 12.2. The maximum absolute atomic E-state index is 12.4. The highest BCUT2D eigenvalue weighted by Crippen LogP contribution is 2.33. The summed E-state index contributed by atoms with van der Waals surface area (Å²) in [5, 5.41) is 2.74. The third kappa shape index (κ3) is 5.09. The number of nitrogens with zero attached hydrogens (tertiary/aromatic N) is 1. The third-order valence-electron chi connectivity index (χ3n) is 6.18. The number of halogens is 1. The summed E-state index contributed by atoms with van der Waals surface area (Å²) in [6, 6.07) is 25.0. The Balaban J connectivity index is 1.30. The Hall–Kier alpha value is -4.16. The van der Waals surface area contributed by atoms with Gasteiger partial charge in [-0.25, -0.2) is 4.98 Å². The maximum atomic E-state index is 12.4. The van der Waals surface area contributed by atoms with E-state index in [9.17, 15) is 9.59 Å². The van der Waals surface area contributed by atoms with Gasteiger partial charge >= 0.3 is 0 Å². The van der Waals surface area contributed by atoms with Gasteiger partial charge in [0.15, 0.2) is 0 Å². The standard InChI is InChI=1S/C29H25ClN4O2/c1-18-9-11-20(12-10-18)29(36)34-33-27(35)8-4-6-22-23-17-21(30)14-16-25(23)32-28(22)26-15-13-19-5-2-3-7-24(19)31-26/h2-3,5,7,9-17,32H,4,6,8H2,1H3,(H,33,35)(H,34,36). The van der Waals surface area contributed by atoms with E-state index < -0.39 is 0 Å². The molecule has 6 nitrogen and oxygen atoms in total. The number of para-hydroxylation sites is 1. The molecule has 36 heavy (non-hydrogen) atoms. The highest BCUT2D eigenvalue weighted by Gasteiger charge is 2.16. The van der Waals surface area contributed by atoms with Gasteiger partial charge < -0.3 is 4.98 Å². The fourth-order valence-corrected chi connectivity index (χ4v) is 4.47. The number of hydrogen-bond acceptors (Lipinski definition) is 3. The Labute approximate surface area is 213 Å². The molecule has 0 saturated carbocycles. The van der Waals surface area contributed by atoms with Crippen molar-refractivity contribution in [3.63, 3.8) is 0 Å². The number of fused-ring (bicyclic) bond motifs is 2. The zero-order valence-corrected chi connectivity index (χ0v) is 20.5. The second kappa shape index (κ2) is 10.2. The van der Waals surface area contributed by atoms with Crippen molar-refractivity contribution in [3.05, 3.63) is 101 Å². The number of aromatic amines is 1. The molecule has 5 rings (SSSR count). The van der Waals surface area contributed by atoms with Crippen LogP contribution in [0.4, 0.5) is 0 Å². The van der Waals surface area contributed by atoms with Gasteiger partial charge in [0.05, 0.1) is 16.9 Å². The van der Waals surface area contributed by atoms with Crippen molar-refractivity contribution < 1.29 is 9.59 Å². The molecule has 2 heterocycles. The van der Waals surface area contributed by atoms with Gasteiger partial charge in [0.1, 0.15) is 0 Å². The van der Waals surface area contributed by atoms with Crippen molar-refractivity contribution in [1.29, 1.82) is 0 Å². The lowest BCUT2D eigenvalue weighted by molar-refractivity contribution is -0.121. The van der Waals surface area contributed by atoms with Crippen LogP contribution in [0, 0.1) is 6.92 Å². The molecule has 0 aliphatic heterocycles. The minimum atomic E-state index is -0.348. The van der Waals surface area contributed by atoms with Crippen molar-refractivity contribution in [3.8, 4) is 11.4 Å². The van der Waals surface area contributed by atoms with Crippen LogP contribution in [-0.4, -0.2) is 21.8 Å². The third-order valence-corrected chi connectivity index (χ3v) is 6.42. The smallest absolute Gasteiger partial charge is 0.269 e. The van der Waals surface area contributed by atoms with E-state index in [1.807, 2.05) is 67.6 Å². The Morgan fingerprint density at radius 3 is 2.58 bits per heavy atom. The predicted molar refractivity (Wildman–Crippen MR) is 144 cm³/mol. The molecule has 0 fully saturated rings. The van der Waals surface area contributed by atoms with Gasteiger partial charge in [0.25, 0.3) is 5.91 Å². The fourth-order valence-electron chi connectivity index (χ4n) is 4.30. The molecule has 3 N–H and O–H groups in total. The number of H-pyrrole nitrogens is 1. The maximum Gasteiger partial charge on any atom is 0.269 e. The first-order valence-electron chi connectivity index (χ1n) is 11.8. The summed E-state index contributed by atoms with van der Waals surface area (Å²) >= 11 is 6.30. The van der Waals surface area contributed by atoms with Gasteiger partial charge in [-0.05, 0) is 67.8 Å². The Morgan fingerprint density at radius 2 is 1.75 bits per heavy atom. The molecule has 2 aromatic heterocycles. The van der Waals surface area contributed by atoms with E-state index in [2.05, 4.69) is 21.9 Å². The lowest BCUT2D eigenvalue weighted by Crippen LogP contribution is -2.41. The number of carbonyl (C=O) groups is 2. The van der Waals surface area contributed by atoms with Crippen molar-refractivity contribution in [1.82, 2.24) is 20.8 Å². The van der Waals surface area contributed by atoms with Crippen LogP contribution in [0.3, 0.4) is 0 Å². The lowest BCUT2D eigenvalue weighted by Gasteiger charge is -2.09. The van der Waals surface area contributed by atoms with E-state index in [1.54, 1.807) is 12.1 Å². The van der Waals surface area contributed by atoms with Crippen LogP contribution in [-0.2, 0) is 11.2 Å². The molecule has 0 bridgehead atoms. The minimum Gasteiger partial charge on any atom is -0.353 e. The highest BCUT2D eigenvalue weighted by atomic mass is 35.5. The molecule has 0 saturated heterocycles. The van der Waals surface area contributed by atoms with Crippen LogP contribution >= 0.6 is 11.6 Å². The molecule has 0 unspecified atom stereocenters. The second-order valence-electron chi connectivity index (χ2n) is 8.78. The number of rotatable bonds is 6. The fraction of sp³-hybridized carbons (Fsp3) is 0.138. The van der Waals surface area contributed by atoms with Crippen molar-refractivity contribution in [2.24, 2.45) is 0 Å². The second-order valence-corrected chi connectivity index (χ2v) is 9.22. The summed E-state index contributed by atoms with van der Waals surface area (Å²) < 4.78 is 0. The normalized spacial score (nSPS) is 11.1. The summed E-state index contributed by atoms with van der Waals surface area (Å²) in [7, 11) is 0. The first-order chi connectivity index (χ1) is 17.5. The van der Waals surface area contributed by atoms with Gasteiger partial charge in [0.2, 0.25) is 5.91 Å². The topological polar surface area (TPSA) is 86.9 Å². The Bertz CT molecular complexity index is 1570. The van der Waals surface area contributed by atoms with E-state index in [1.165, 1.54) is 0 Å². The van der Waals surface area contributed by atoms with Gasteiger partial charge in [0, 0.05) is 33.3 Å².